The lowest BCUT2D eigenvalue weighted by atomic mass is 9.94. The molecule has 0 spiro atoms. The van der Waals surface area contributed by atoms with Crippen molar-refractivity contribution < 1.29 is 67.5 Å². The molecule has 1 fully saturated rings. The number of carbonyl (C=O) groups excluding carboxylic acids is 6. The molecule has 2 heterocycles. The van der Waals surface area contributed by atoms with Gasteiger partial charge in [-0.3, -0.25) is 33.6 Å². The third-order valence-electron chi connectivity index (χ3n) is 9.50. The van der Waals surface area contributed by atoms with E-state index in [0.29, 0.717) is 64.6 Å². The highest BCUT2D eigenvalue weighted by molar-refractivity contribution is 5.86. The number of hydrogen-bond acceptors (Lipinski definition) is 13. The summed E-state index contributed by atoms with van der Waals surface area (Å²) in [4.78, 5) is 104. The molecule has 0 radical (unpaired) electrons. The maximum absolute atomic E-state index is 12.6. The number of piperidine rings is 1. The summed E-state index contributed by atoms with van der Waals surface area (Å²) in [5, 5.41) is 29.5. The zero-order chi connectivity index (χ0) is 44.0. The minimum absolute atomic E-state index is 0.0229. The summed E-state index contributed by atoms with van der Waals surface area (Å²) in [7, 11) is 0. The minimum Gasteiger partial charge on any atom is -0.481 e. The predicted molar refractivity (Wildman–Crippen MR) is 212 cm³/mol. The summed E-state index contributed by atoms with van der Waals surface area (Å²) >= 11 is 0. The summed E-state index contributed by atoms with van der Waals surface area (Å²) in [6.45, 7) is 4.16. The van der Waals surface area contributed by atoms with Gasteiger partial charge in [0.2, 0.25) is 29.5 Å². The number of carboxylic acid groups (broad SMARTS) is 2. The smallest absolute Gasteiger partial charge is 0.326 e. The molecule has 1 aromatic heterocycles. The molecule has 7 N–H and O–H groups in total. The quantitative estimate of drug-likeness (QED) is 0.0434. The number of aryl methyl sites for hydroxylation is 1. The van der Waals surface area contributed by atoms with Crippen molar-refractivity contribution in [2.45, 2.75) is 83.6 Å². The lowest BCUT2D eigenvalue weighted by molar-refractivity contribution is -0.144. The van der Waals surface area contributed by atoms with Crippen LogP contribution < -0.4 is 21.3 Å². The normalized spacial score (nSPS) is 13.8. The van der Waals surface area contributed by atoms with E-state index in [1.54, 1.807) is 18.0 Å². The number of nitrogens with zero attached hydrogens (tertiary/aromatic N) is 2. The topological polar surface area (TPSA) is 294 Å². The van der Waals surface area contributed by atoms with E-state index in [-0.39, 0.29) is 121 Å². The third-order valence-corrected chi connectivity index (χ3v) is 9.50. The summed E-state index contributed by atoms with van der Waals surface area (Å²) in [6.07, 6.45) is 6.41. The average molecular weight is 854 g/mol. The molecule has 1 aromatic rings. The van der Waals surface area contributed by atoms with Crippen LogP contribution in [0.5, 0.6) is 0 Å². The lowest BCUT2D eigenvalue weighted by Gasteiger charge is -2.31. The zero-order valence-electron chi connectivity index (χ0n) is 34.5. The number of rotatable bonds is 34. The van der Waals surface area contributed by atoms with Crippen LogP contribution in [0.3, 0.4) is 0 Å². The second-order valence-electron chi connectivity index (χ2n) is 14.2. The van der Waals surface area contributed by atoms with Crippen molar-refractivity contribution in [2.24, 2.45) is 11.8 Å². The Morgan fingerprint density at radius 3 is 1.93 bits per heavy atom. The first-order valence-electron chi connectivity index (χ1n) is 20.5. The highest BCUT2D eigenvalue weighted by Crippen LogP contribution is 2.19. The zero-order valence-corrected chi connectivity index (χ0v) is 34.5. The van der Waals surface area contributed by atoms with Crippen molar-refractivity contribution >= 4 is 47.3 Å². The molecule has 21 heteroatoms. The van der Waals surface area contributed by atoms with Gasteiger partial charge in [-0.15, -0.1) is 0 Å². The van der Waals surface area contributed by atoms with E-state index < -0.39 is 35.7 Å². The molecule has 338 valence electrons. The van der Waals surface area contributed by atoms with Gasteiger partial charge in [-0.05, 0) is 38.5 Å². The first kappa shape index (κ1) is 51.2. The van der Waals surface area contributed by atoms with Gasteiger partial charge in [-0.1, -0.05) is 13.3 Å². The molecule has 60 heavy (non-hydrogen) atoms. The predicted octanol–water partition coefficient (Wildman–Crippen LogP) is -0.414. The van der Waals surface area contributed by atoms with Gasteiger partial charge in [0.25, 0.3) is 0 Å². The molecule has 2 atom stereocenters. The number of ketones is 1. The number of carboxylic acids is 2. The minimum atomic E-state index is -1.23. The first-order valence-corrected chi connectivity index (χ1v) is 20.5. The average Bonchev–Trinajstić information content (AvgIpc) is 3.76. The van der Waals surface area contributed by atoms with E-state index in [9.17, 15) is 48.6 Å². The van der Waals surface area contributed by atoms with Crippen LogP contribution in [0.2, 0.25) is 0 Å². The maximum atomic E-state index is 12.6. The fourth-order valence-electron chi connectivity index (χ4n) is 6.05. The molecule has 1 saturated heterocycles. The number of nitrogens with one attached hydrogen (secondary N) is 5. The van der Waals surface area contributed by atoms with Crippen LogP contribution in [0, 0.1) is 11.8 Å². The van der Waals surface area contributed by atoms with E-state index >= 15 is 0 Å². The molecule has 2 rings (SSSR count). The molecular weight excluding hydrogens is 790 g/mol. The van der Waals surface area contributed by atoms with Gasteiger partial charge in [-0.2, -0.15) is 0 Å². The Morgan fingerprint density at radius 1 is 0.767 bits per heavy atom. The largest absolute Gasteiger partial charge is 0.481 e. The summed E-state index contributed by atoms with van der Waals surface area (Å²) in [5.41, 5.74) is 0.821. The molecular formula is C39H63N7O14. The fourth-order valence-corrected chi connectivity index (χ4v) is 6.05. The third kappa shape index (κ3) is 23.6. The second-order valence-corrected chi connectivity index (χ2v) is 14.2. The van der Waals surface area contributed by atoms with Crippen LogP contribution >= 0.6 is 0 Å². The van der Waals surface area contributed by atoms with Crippen LogP contribution in [0.1, 0.15) is 76.8 Å². The number of hydrogen-bond donors (Lipinski definition) is 7. The molecule has 1 aliphatic rings. The van der Waals surface area contributed by atoms with Crippen molar-refractivity contribution in [3.8, 4) is 0 Å². The van der Waals surface area contributed by atoms with Gasteiger partial charge in [0.05, 0.1) is 51.9 Å². The molecule has 0 bridgehead atoms. The van der Waals surface area contributed by atoms with Crippen LogP contribution in [0.4, 0.5) is 0 Å². The number of aliphatic carboxylic acids is 2. The van der Waals surface area contributed by atoms with Gasteiger partial charge >= 0.3 is 11.9 Å². The molecule has 0 unspecified atom stereocenters. The Hall–Kier alpha value is -4.99. The van der Waals surface area contributed by atoms with Crippen molar-refractivity contribution in [2.75, 3.05) is 85.6 Å². The van der Waals surface area contributed by atoms with Gasteiger partial charge in [0, 0.05) is 76.2 Å². The van der Waals surface area contributed by atoms with Crippen molar-refractivity contribution in [3.63, 3.8) is 0 Å². The van der Waals surface area contributed by atoms with E-state index in [2.05, 4.69) is 31.2 Å². The van der Waals surface area contributed by atoms with Gasteiger partial charge in [0.1, 0.15) is 25.0 Å². The van der Waals surface area contributed by atoms with Gasteiger partial charge in [-0.25, -0.2) is 9.78 Å². The van der Waals surface area contributed by atoms with Crippen molar-refractivity contribution in [1.29, 1.82) is 0 Å². The van der Waals surface area contributed by atoms with E-state index in [1.165, 1.54) is 6.33 Å². The number of Topliss-reactive ketones (excluding diaryl/α,β-unsaturated/α-hetero) is 1. The standard InChI is InChI=1S/C39H63N7O14/c1-2-36(51)46-15-10-28(11-16-46)37(52)45-32(39(55)56)8-9-33(48)42-13-17-57-19-22-60-26-35(50)43-14-18-58-20-21-59-25-34(49)41-12-4-3-5-29(38(53)54)23-31(47)7-6-30-24-40-27-44-30/h24,27-29,32H,2-23,25-26H2,1H3,(H,40,44)(H,41,49)(H,42,48)(H,43,50)(H,45,52)(H,53,54)(H,55,56)/t29-,32+/m1/s1. The maximum Gasteiger partial charge on any atom is 0.326 e. The number of carbonyl (C=O) groups is 8. The second kappa shape index (κ2) is 31.0. The van der Waals surface area contributed by atoms with E-state index in [4.69, 9.17) is 18.9 Å². The van der Waals surface area contributed by atoms with E-state index in [1.807, 2.05) is 0 Å². The van der Waals surface area contributed by atoms with Crippen LogP contribution in [-0.2, 0) is 63.7 Å². The number of aromatic nitrogens is 2. The number of H-pyrrole nitrogens is 1. The molecule has 5 amide bonds. The fraction of sp³-hybridized carbons (Fsp3) is 0.718. The number of ether oxygens (including phenoxy) is 4. The van der Waals surface area contributed by atoms with Crippen LogP contribution in [0.15, 0.2) is 12.5 Å². The van der Waals surface area contributed by atoms with Gasteiger partial charge < -0.3 is 60.3 Å². The highest BCUT2D eigenvalue weighted by atomic mass is 16.5. The van der Waals surface area contributed by atoms with Crippen molar-refractivity contribution in [3.05, 3.63) is 18.2 Å². The van der Waals surface area contributed by atoms with Crippen molar-refractivity contribution in [1.82, 2.24) is 36.1 Å². The SMILES string of the molecule is CCC(=O)N1CCC(C(=O)N[C@@H](CCC(=O)NCCOCCOCC(=O)NCCOCCOCC(=O)NCCCC[C@H](CC(=O)CCc2cnc[nH]2)C(=O)O)C(=O)O)CC1. The monoisotopic (exact) mass is 853 g/mol. The summed E-state index contributed by atoms with van der Waals surface area (Å²) in [5.74, 6) is -4.94. The Balaban J connectivity index is 1.37. The molecule has 0 saturated carbocycles. The summed E-state index contributed by atoms with van der Waals surface area (Å²) in [6, 6.07) is -1.21. The molecule has 21 nitrogen and oxygen atoms in total. The number of likely N-dealkylation sites (tertiary alicyclic amines) is 1. The molecule has 0 aromatic carbocycles. The van der Waals surface area contributed by atoms with E-state index in [0.717, 1.165) is 5.69 Å². The number of unbranched alkanes of at least 4 members (excludes halogenated alkanes) is 1. The molecule has 1 aliphatic heterocycles. The Morgan fingerprint density at radius 2 is 1.37 bits per heavy atom. The Bertz CT molecular complexity index is 1470. The number of amides is 5. The van der Waals surface area contributed by atoms with Gasteiger partial charge in [0.15, 0.2) is 0 Å². The first-order chi connectivity index (χ1) is 28.9. The number of imidazole rings is 1. The Kier molecular flexibility index (Phi) is 26.4. The Labute approximate surface area is 349 Å². The van der Waals surface area contributed by atoms with Crippen LogP contribution in [0.25, 0.3) is 0 Å². The molecule has 0 aliphatic carbocycles. The highest BCUT2D eigenvalue weighted by Gasteiger charge is 2.30. The van der Waals surface area contributed by atoms with Crippen LogP contribution in [-0.4, -0.2) is 164 Å². The number of aromatic amines is 1. The lowest BCUT2D eigenvalue weighted by Crippen LogP contribution is -2.47. The summed E-state index contributed by atoms with van der Waals surface area (Å²) < 4.78 is 21.3.